The second-order valence-electron chi connectivity index (χ2n) is 7.10. The molecule has 9 heteroatoms. The van der Waals surface area contributed by atoms with Crippen LogP contribution in [-0.4, -0.2) is 36.9 Å². The summed E-state index contributed by atoms with van der Waals surface area (Å²) < 4.78 is 25.5. The van der Waals surface area contributed by atoms with Crippen molar-refractivity contribution in [2.24, 2.45) is 0 Å². The predicted molar refractivity (Wildman–Crippen MR) is 128 cm³/mol. The molecule has 164 valence electrons. The van der Waals surface area contributed by atoms with Crippen LogP contribution in [0.1, 0.15) is 17.4 Å². The molecule has 0 radical (unpaired) electrons. The molecule has 4 aromatic rings. The lowest BCUT2D eigenvalue weighted by Crippen LogP contribution is -2.23. The number of halogens is 1. The second kappa shape index (κ2) is 8.90. The van der Waals surface area contributed by atoms with Gasteiger partial charge in [0.1, 0.15) is 0 Å². The van der Waals surface area contributed by atoms with Crippen molar-refractivity contribution in [3.63, 3.8) is 0 Å². The summed E-state index contributed by atoms with van der Waals surface area (Å²) in [5.41, 5.74) is 2.47. The highest BCUT2D eigenvalue weighted by atomic mass is 35.5. The van der Waals surface area contributed by atoms with Gasteiger partial charge in [0.15, 0.2) is 15.5 Å². The first-order valence-corrected chi connectivity index (χ1v) is 12.9. The molecule has 0 fully saturated rings. The Balaban J connectivity index is 1.82. The fourth-order valence-corrected chi connectivity index (χ4v) is 5.12. The van der Waals surface area contributed by atoms with Gasteiger partial charge in [-0.25, -0.2) is 13.1 Å². The summed E-state index contributed by atoms with van der Waals surface area (Å²) in [6.07, 6.45) is 1.19. The number of nitrogens with one attached hydrogen (secondary N) is 1. The van der Waals surface area contributed by atoms with Crippen LogP contribution in [0, 0.1) is 0 Å². The maximum absolute atomic E-state index is 12.4. The summed E-state index contributed by atoms with van der Waals surface area (Å²) >= 11 is 7.90. The van der Waals surface area contributed by atoms with Gasteiger partial charge in [-0.1, -0.05) is 35.9 Å². The van der Waals surface area contributed by atoms with Crippen LogP contribution in [0.25, 0.3) is 26.7 Å². The number of aromatic nitrogens is 2. The number of carbonyl (C=O) groups excluding carboxylic acids is 1. The number of nitrogens with zero attached hydrogens (tertiary/aromatic N) is 2. The minimum Gasteiger partial charge on any atom is -0.351 e. The van der Waals surface area contributed by atoms with Gasteiger partial charge < -0.3 is 5.32 Å². The molecule has 32 heavy (non-hydrogen) atoms. The number of thiophene rings is 1. The van der Waals surface area contributed by atoms with E-state index < -0.39 is 9.84 Å². The quantitative estimate of drug-likeness (QED) is 0.413. The summed E-state index contributed by atoms with van der Waals surface area (Å²) in [6, 6.07) is 19.7. The maximum atomic E-state index is 12.4. The number of hydrogen-bond acceptors (Lipinski definition) is 5. The highest BCUT2D eigenvalue weighted by Gasteiger charge is 2.19. The molecule has 0 aliphatic heterocycles. The van der Waals surface area contributed by atoms with Gasteiger partial charge in [0.25, 0.3) is 5.91 Å². The molecule has 2 heterocycles. The van der Waals surface area contributed by atoms with Gasteiger partial charge in [-0.2, -0.15) is 5.10 Å². The Morgan fingerprint density at radius 3 is 2.53 bits per heavy atom. The standard InChI is InChI=1S/C23H20ClN3O3S2/c1-3-25-23(28)18-14-20(27(26-18)19-10-5-4-9-17(19)24)22-12-11-21(31-22)15-7-6-8-16(13-15)32(2,29)30/h4-14H,3H2,1-2H3,(H,25,28). The van der Waals surface area contributed by atoms with Gasteiger partial charge in [0.05, 0.1) is 26.2 Å². The predicted octanol–water partition coefficient (Wildman–Crippen LogP) is 5.07. The van der Waals surface area contributed by atoms with Crippen molar-refractivity contribution < 1.29 is 13.2 Å². The Bertz CT molecular complexity index is 1410. The Hall–Kier alpha value is -2.94. The normalized spacial score (nSPS) is 11.5. The summed E-state index contributed by atoms with van der Waals surface area (Å²) in [5.74, 6) is -0.266. The van der Waals surface area contributed by atoms with E-state index in [-0.39, 0.29) is 16.5 Å². The van der Waals surface area contributed by atoms with E-state index in [4.69, 9.17) is 11.6 Å². The second-order valence-corrected chi connectivity index (χ2v) is 10.6. The zero-order valence-corrected chi connectivity index (χ0v) is 19.8. The zero-order chi connectivity index (χ0) is 22.9. The van der Waals surface area contributed by atoms with Crippen LogP contribution >= 0.6 is 22.9 Å². The summed E-state index contributed by atoms with van der Waals surface area (Å²) in [4.78, 5) is 14.5. The summed E-state index contributed by atoms with van der Waals surface area (Å²) in [7, 11) is -3.31. The number of carbonyl (C=O) groups is 1. The van der Waals surface area contributed by atoms with Gasteiger partial charge in [0, 0.05) is 17.7 Å². The first-order chi connectivity index (χ1) is 15.3. The molecule has 0 atom stereocenters. The minimum atomic E-state index is -3.31. The van der Waals surface area contributed by atoms with Crippen molar-refractivity contribution in [3.05, 3.63) is 77.4 Å². The lowest BCUT2D eigenvalue weighted by atomic mass is 10.2. The van der Waals surface area contributed by atoms with Crippen molar-refractivity contribution in [3.8, 4) is 26.7 Å². The van der Waals surface area contributed by atoms with Gasteiger partial charge in [-0.15, -0.1) is 11.3 Å². The Morgan fingerprint density at radius 1 is 1.06 bits per heavy atom. The first kappa shape index (κ1) is 22.3. The van der Waals surface area contributed by atoms with E-state index in [1.807, 2.05) is 43.3 Å². The average Bonchev–Trinajstić information content (AvgIpc) is 3.41. The SMILES string of the molecule is CCNC(=O)c1cc(-c2ccc(-c3cccc(S(C)(=O)=O)c3)s2)n(-c2ccccc2Cl)n1. The zero-order valence-electron chi connectivity index (χ0n) is 17.4. The highest BCUT2D eigenvalue weighted by Crippen LogP contribution is 2.37. The molecule has 2 aromatic heterocycles. The summed E-state index contributed by atoms with van der Waals surface area (Å²) in [5, 5.41) is 7.79. The molecular weight excluding hydrogens is 466 g/mol. The molecule has 0 aliphatic rings. The van der Waals surface area contributed by atoms with Crippen LogP contribution in [0.15, 0.2) is 71.6 Å². The van der Waals surface area contributed by atoms with Crippen LogP contribution in [0.3, 0.4) is 0 Å². The van der Waals surface area contributed by atoms with E-state index in [9.17, 15) is 13.2 Å². The van der Waals surface area contributed by atoms with Crippen molar-refractivity contribution >= 4 is 38.7 Å². The van der Waals surface area contributed by atoms with Crippen LogP contribution < -0.4 is 5.32 Å². The highest BCUT2D eigenvalue weighted by molar-refractivity contribution is 7.90. The molecule has 0 unspecified atom stereocenters. The van der Waals surface area contributed by atoms with Crippen LogP contribution in [0.4, 0.5) is 0 Å². The average molecular weight is 486 g/mol. The molecule has 0 spiro atoms. The fraction of sp³-hybridized carbons (Fsp3) is 0.130. The molecule has 1 N–H and O–H groups in total. The van der Waals surface area contributed by atoms with Crippen LogP contribution in [-0.2, 0) is 9.84 Å². The third kappa shape index (κ3) is 4.48. The van der Waals surface area contributed by atoms with Gasteiger partial charge in [-0.3, -0.25) is 4.79 Å². The van der Waals surface area contributed by atoms with E-state index in [2.05, 4.69) is 10.4 Å². The van der Waals surface area contributed by atoms with Gasteiger partial charge >= 0.3 is 0 Å². The van der Waals surface area contributed by atoms with Crippen molar-refractivity contribution in [2.45, 2.75) is 11.8 Å². The smallest absolute Gasteiger partial charge is 0.271 e. The number of benzene rings is 2. The molecular formula is C23H20ClN3O3S2. The lowest BCUT2D eigenvalue weighted by molar-refractivity contribution is 0.0950. The monoisotopic (exact) mass is 485 g/mol. The lowest BCUT2D eigenvalue weighted by Gasteiger charge is -2.08. The third-order valence-electron chi connectivity index (χ3n) is 4.77. The topological polar surface area (TPSA) is 81.1 Å². The van der Waals surface area contributed by atoms with E-state index >= 15 is 0 Å². The number of hydrogen-bond donors (Lipinski definition) is 1. The maximum Gasteiger partial charge on any atom is 0.271 e. The third-order valence-corrected chi connectivity index (χ3v) is 7.35. The molecule has 0 saturated carbocycles. The number of amides is 1. The Kier molecular flexibility index (Phi) is 6.19. The fourth-order valence-electron chi connectivity index (χ4n) is 3.24. The van der Waals surface area contributed by atoms with E-state index in [1.54, 1.807) is 35.0 Å². The van der Waals surface area contributed by atoms with E-state index in [0.29, 0.717) is 17.3 Å². The molecule has 0 aliphatic carbocycles. The Labute approximate surface area is 195 Å². The molecule has 1 amide bonds. The molecule has 0 saturated heterocycles. The van der Waals surface area contributed by atoms with Crippen molar-refractivity contribution in [1.29, 1.82) is 0 Å². The number of sulfone groups is 1. The number of para-hydroxylation sites is 1. The number of rotatable bonds is 6. The largest absolute Gasteiger partial charge is 0.351 e. The van der Waals surface area contributed by atoms with Crippen LogP contribution in [0.5, 0.6) is 0 Å². The Morgan fingerprint density at radius 2 is 1.81 bits per heavy atom. The van der Waals surface area contributed by atoms with E-state index in [1.165, 1.54) is 17.6 Å². The van der Waals surface area contributed by atoms with Crippen molar-refractivity contribution in [2.75, 3.05) is 12.8 Å². The molecule has 4 rings (SSSR count). The van der Waals surface area contributed by atoms with Crippen molar-refractivity contribution in [1.82, 2.24) is 15.1 Å². The minimum absolute atomic E-state index is 0.266. The molecule has 2 aromatic carbocycles. The van der Waals surface area contributed by atoms with E-state index in [0.717, 1.165) is 21.0 Å². The molecule has 6 nitrogen and oxygen atoms in total. The van der Waals surface area contributed by atoms with Gasteiger partial charge in [-0.05, 0) is 55.0 Å². The van der Waals surface area contributed by atoms with Gasteiger partial charge in [0.2, 0.25) is 0 Å². The summed E-state index contributed by atoms with van der Waals surface area (Å²) in [6.45, 7) is 2.34. The first-order valence-electron chi connectivity index (χ1n) is 9.82. The molecule has 0 bridgehead atoms. The van der Waals surface area contributed by atoms with Crippen LogP contribution in [0.2, 0.25) is 5.02 Å².